The molecular weight excluding hydrogens is 604 g/mol. The van der Waals surface area contributed by atoms with Gasteiger partial charge in [0.2, 0.25) is 11.5 Å². The first-order chi connectivity index (χ1) is 22.9. The molecule has 0 fully saturated rings. The maximum atomic E-state index is 12.6. The smallest absolute Gasteiger partial charge is 0.255 e. The van der Waals surface area contributed by atoms with Gasteiger partial charge in [-0.1, -0.05) is 30.4 Å². The van der Waals surface area contributed by atoms with Gasteiger partial charge in [-0.2, -0.15) is 0 Å². The van der Waals surface area contributed by atoms with Crippen molar-refractivity contribution >= 4 is 23.7 Å². The zero-order valence-electron chi connectivity index (χ0n) is 27.2. The van der Waals surface area contributed by atoms with Crippen molar-refractivity contribution in [1.82, 2.24) is 5.32 Å². The molecule has 0 spiro atoms. The lowest BCUT2D eigenvalue weighted by atomic mass is 10.1. The molecule has 0 radical (unpaired) electrons. The number of hydrogen-bond donors (Lipinski definition) is 2. The summed E-state index contributed by atoms with van der Waals surface area (Å²) in [6, 6.07) is 20.3. The maximum Gasteiger partial charge on any atom is 0.255 e. The van der Waals surface area contributed by atoms with E-state index in [-0.39, 0.29) is 19.1 Å². The van der Waals surface area contributed by atoms with Gasteiger partial charge in [-0.05, 0) is 65.2 Å². The standard InChI is InChI=1S/C36H38N2O9/c1-40-28-21-24(35-37-26-10-8-7-9-25(26)36(39)38-35)13-14-27(28)46-15-16-47-34-31(43-4)19-23(20-32(34)44-5)12-11-22-17-29(41-2)33(45-6)30(18-22)42-3/h7-14,17-21,35,37H,15-16H2,1-6H3,(H,38,39). The quantitative estimate of drug-likeness (QED) is 0.121. The number of benzene rings is 4. The summed E-state index contributed by atoms with van der Waals surface area (Å²) in [5.41, 5.74) is 3.87. The number of methoxy groups -OCH3 is 6. The van der Waals surface area contributed by atoms with Crippen molar-refractivity contribution in [2.75, 3.05) is 61.2 Å². The van der Waals surface area contributed by atoms with Crippen molar-refractivity contribution in [2.45, 2.75) is 6.17 Å². The summed E-state index contributed by atoms with van der Waals surface area (Å²) in [6.07, 6.45) is 3.42. The highest BCUT2D eigenvalue weighted by Gasteiger charge is 2.25. The topological polar surface area (TPSA) is 115 Å². The van der Waals surface area contributed by atoms with Gasteiger partial charge in [-0.15, -0.1) is 0 Å². The van der Waals surface area contributed by atoms with Crippen LogP contribution >= 0.6 is 0 Å². The van der Waals surface area contributed by atoms with Crippen LogP contribution in [0.15, 0.2) is 66.7 Å². The first kappa shape index (κ1) is 32.7. The Morgan fingerprint density at radius 1 is 0.574 bits per heavy atom. The van der Waals surface area contributed by atoms with Crippen LogP contribution < -0.4 is 48.5 Å². The first-order valence-electron chi connectivity index (χ1n) is 14.8. The Bertz CT molecular complexity index is 1700. The largest absolute Gasteiger partial charge is 0.493 e. The van der Waals surface area contributed by atoms with Gasteiger partial charge in [0, 0.05) is 5.69 Å². The second-order valence-corrected chi connectivity index (χ2v) is 10.3. The van der Waals surface area contributed by atoms with Crippen LogP contribution in [0.5, 0.6) is 46.0 Å². The van der Waals surface area contributed by atoms with Crippen LogP contribution in [0.4, 0.5) is 5.69 Å². The lowest BCUT2D eigenvalue weighted by molar-refractivity contribution is 0.0935. The number of carbonyl (C=O) groups is 1. The molecule has 4 aromatic carbocycles. The molecule has 47 heavy (non-hydrogen) atoms. The molecular formula is C36H38N2O9. The summed E-state index contributed by atoms with van der Waals surface area (Å²) < 4.78 is 45.3. The predicted octanol–water partition coefficient (Wildman–Crippen LogP) is 6.22. The minimum Gasteiger partial charge on any atom is -0.493 e. The average Bonchev–Trinajstić information content (AvgIpc) is 3.11. The number of para-hydroxylation sites is 1. The number of rotatable bonds is 14. The van der Waals surface area contributed by atoms with Gasteiger partial charge < -0.3 is 48.5 Å². The van der Waals surface area contributed by atoms with Crippen LogP contribution in [-0.2, 0) is 0 Å². The summed E-state index contributed by atoms with van der Waals surface area (Å²) in [6.45, 7) is 0.422. The molecule has 246 valence electrons. The minimum absolute atomic E-state index is 0.144. The van der Waals surface area contributed by atoms with Crippen molar-refractivity contribution in [3.63, 3.8) is 0 Å². The van der Waals surface area contributed by atoms with Crippen molar-refractivity contribution in [3.05, 3.63) is 89.0 Å². The van der Waals surface area contributed by atoms with Crippen LogP contribution in [0.2, 0.25) is 0 Å². The van der Waals surface area contributed by atoms with Crippen LogP contribution in [0.1, 0.15) is 33.2 Å². The zero-order valence-corrected chi connectivity index (χ0v) is 27.2. The molecule has 1 heterocycles. The average molecular weight is 643 g/mol. The number of hydrogen-bond acceptors (Lipinski definition) is 10. The number of amides is 1. The fraction of sp³-hybridized carbons (Fsp3) is 0.250. The van der Waals surface area contributed by atoms with E-state index in [4.69, 9.17) is 37.9 Å². The Labute approximate surface area is 273 Å². The van der Waals surface area contributed by atoms with Gasteiger partial charge in [0.15, 0.2) is 34.5 Å². The monoisotopic (exact) mass is 642 g/mol. The number of fused-ring (bicyclic) bond motifs is 1. The molecule has 1 amide bonds. The van der Waals surface area contributed by atoms with Gasteiger partial charge in [0.05, 0.1) is 48.2 Å². The normalized spacial score (nSPS) is 13.6. The summed E-state index contributed by atoms with van der Waals surface area (Å²) in [4.78, 5) is 12.6. The molecule has 0 bridgehead atoms. The van der Waals surface area contributed by atoms with Gasteiger partial charge in [-0.3, -0.25) is 4.79 Å². The molecule has 2 N–H and O–H groups in total. The summed E-state index contributed by atoms with van der Waals surface area (Å²) in [5, 5.41) is 6.33. The number of anilines is 1. The SMILES string of the molecule is COc1cc(C2NC(=O)c3ccccc3N2)ccc1OCCOc1c(OC)cc(C=Cc2cc(OC)c(OC)c(OC)c2)cc1OC. The molecule has 11 heteroatoms. The van der Waals surface area contributed by atoms with Crippen molar-refractivity contribution < 1.29 is 42.7 Å². The molecule has 0 aromatic heterocycles. The molecule has 4 aromatic rings. The summed E-state index contributed by atoms with van der Waals surface area (Å²) in [5.74, 6) is 4.00. The van der Waals surface area contributed by atoms with Crippen LogP contribution in [0.3, 0.4) is 0 Å². The summed E-state index contributed by atoms with van der Waals surface area (Å²) >= 11 is 0. The third kappa shape index (κ3) is 7.25. The van der Waals surface area contributed by atoms with E-state index in [1.807, 2.05) is 66.7 Å². The molecule has 1 unspecified atom stereocenters. The third-order valence-corrected chi connectivity index (χ3v) is 7.49. The Kier molecular flexibility index (Phi) is 10.5. The molecule has 11 nitrogen and oxygen atoms in total. The highest BCUT2D eigenvalue weighted by Crippen LogP contribution is 2.41. The molecule has 1 aliphatic heterocycles. The van der Waals surface area contributed by atoms with E-state index in [1.165, 1.54) is 0 Å². The van der Waals surface area contributed by atoms with Gasteiger partial charge >= 0.3 is 0 Å². The second-order valence-electron chi connectivity index (χ2n) is 10.3. The van der Waals surface area contributed by atoms with Crippen LogP contribution in [0.25, 0.3) is 12.2 Å². The van der Waals surface area contributed by atoms with Crippen LogP contribution in [-0.4, -0.2) is 61.8 Å². The van der Waals surface area contributed by atoms with E-state index in [1.54, 1.807) is 54.8 Å². The van der Waals surface area contributed by atoms with Crippen molar-refractivity contribution in [1.29, 1.82) is 0 Å². The highest BCUT2D eigenvalue weighted by atomic mass is 16.6. The molecule has 0 saturated carbocycles. The Balaban J connectivity index is 1.24. The Hall–Kier alpha value is -5.71. The fourth-order valence-electron chi connectivity index (χ4n) is 5.18. The van der Waals surface area contributed by atoms with Crippen molar-refractivity contribution in [3.8, 4) is 46.0 Å². The van der Waals surface area contributed by atoms with E-state index >= 15 is 0 Å². The zero-order chi connectivity index (χ0) is 33.3. The van der Waals surface area contributed by atoms with Gasteiger partial charge in [0.25, 0.3) is 5.91 Å². The molecule has 1 atom stereocenters. The van der Waals surface area contributed by atoms with Crippen LogP contribution in [0, 0.1) is 0 Å². The fourth-order valence-corrected chi connectivity index (χ4v) is 5.18. The Morgan fingerprint density at radius 3 is 1.70 bits per heavy atom. The lowest BCUT2D eigenvalue weighted by Gasteiger charge is -2.28. The predicted molar refractivity (Wildman–Crippen MR) is 179 cm³/mol. The lowest BCUT2D eigenvalue weighted by Crippen LogP contribution is -2.38. The van der Waals surface area contributed by atoms with E-state index in [9.17, 15) is 4.79 Å². The van der Waals surface area contributed by atoms with Gasteiger partial charge in [0.1, 0.15) is 19.4 Å². The number of ether oxygens (including phenoxy) is 8. The first-order valence-corrected chi connectivity index (χ1v) is 14.8. The number of nitrogens with one attached hydrogen (secondary N) is 2. The maximum absolute atomic E-state index is 12.6. The Morgan fingerprint density at radius 2 is 1.13 bits per heavy atom. The third-order valence-electron chi connectivity index (χ3n) is 7.49. The van der Waals surface area contributed by atoms with E-state index in [0.29, 0.717) is 51.6 Å². The van der Waals surface area contributed by atoms with E-state index < -0.39 is 6.17 Å². The molecule has 1 aliphatic rings. The van der Waals surface area contributed by atoms with Gasteiger partial charge in [-0.25, -0.2) is 0 Å². The second kappa shape index (κ2) is 15.0. The molecule has 5 rings (SSSR count). The molecule has 0 saturated heterocycles. The minimum atomic E-state index is -0.414. The highest BCUT2D eigenvalue weighted by molar-refractivity contribution is 6.01. The van der Waals surface area contributed by atoms with E-state index in [2.05, 4.69) is 10.6 Å². The summed E-state index contributed by atoms with van der Waals surface area (Å²) in [7, 11) is 9.42. The van der Waals surface area contributed by atoms with E-state index in [0.717, 1.165) is 22.4 Å². The number of carbonyl (C=O) groups excluding carboxylic acids is 1. The molecule has 0 aliphatic carbocycles. The van der Waals surface area contributed by atoms with Crippen molar-refractivity contribution in [2.24, 2.45) is 0 Å².